The van der Waals surface area contributed by atoms with E-state index in [-0.39, 0.29) is 24.2 Å². The van der Waals surface area contributed by atoms with Gasteiger partial charge in [0.25, 0.3) is 5.89 Å². The number of amides is 1. The van der Waals surface area contributed by atoms with Crippen molar-refractivity contribution in [3.05, 3.63) is 47.2 Å². The molecule has 25 heavy (non-hydrogen) atoms. The zero-order valence-corrected chi connectivity index (χ0v) is 14.8. The largest absolute Gasteiger partial charge is 0.401 e. The number of nitrogens with zero attached hydrogens (tertiary/aromatic N) is 4. The molecule has 0 radical (unpaired) electrons. The van der Waals surface area contributed by atoms with Crippen LogP contribution in [0, 0.1) is 6.92 Å². The fraction of sp³-hybridized carbons (Fsp3) is 0.333. The number of aromatic nitrogens is 4. The lowest BCUT2D eigenvalue weighted by atomic mass is 10.0. The molecule has 0 fully saturated rings. The highest BCUT2D eigenvalue weighted by Crippen LogP contribution is 2.19. The second kappa shape index (κ2) is 6.88. The van der Waals surface area contributed by atoms with Crippen molar-refractivity contribution in [1.82, 2.24) is 20.0 Å². The first-order chi connectivity index (χ1) is 11.9. The quantitative estimate of drug-likeness (QED) is 0.772. The maximum Gasteiger partial charge on any atom is 0.322 e. The summed E-state index contributed by atoms with van der Waals surface area (Å²) in [7, 11) is 1.84. The summed E-state index contributed by atoms with van der Waals surface area (Å²) in [6, 6.07) is 9.93. The molecule has 1 N–H and O–H groups in total. The molecule has 7 nitrogen and oxygen atoms in total. The third-order valence-electron chi connectivity index (χ3n) is 4.02. The van der Waals surface area contributed by atoms with Crippen molar-refractivity contribution in [1.29, 1.82) is 0 Å². The molecule has 7 heteroatoms. The van der Waals surface area contributed by atoms with Gasteiger partial charge < -0.3 is 4.42 Å². The smallest absolute Gasteiger partial charge is 0.322 e. The van der Waals surface area contributed by atoms with Crippen LogP contribution in [0.15, 0.2) is 34.7 Å². The molecule has 0 saturated heterocycles. The molecule has 0 aliphatic heterocycles. The highest BCUT2D eigenvalue weighted by atomic mass is 16.4. The number of carbonyl (C=O) groups excluding carboxylic acids is 1. The fourth-order valence-electron chi connectivity index (χ4n) is 2.41. The van der Waals surface area contributed by atoms with Gasteiger partial charge in [0.2, 0.25) is 5.91 Å². The molecule has 2 aromatic heterocycles. The van der Waals surface area contributed by atoms with Gasteiger partial charge in [0, 0.05) is 12.7 Å². The molecule has 3 aromatic rings. The molecule has 0 spiro atoms. The molecule has 0 aliphatic rings. The van der Waals surface area contributed by atoms with E-state index in [0.717, 1.165) is 11.3 Å². The van der Waals surface area contributed by atoms with E-state index in [1.165, 1.54) is 5.56 Å². The minimum absolute atomic E-state index is 0.0714. The van der Waals surface area contributed by atoms with Crippen LogP contribution >= 0.6 is 0 Å². The van der Waals surface area contributed by atoms with Crippen LogP contribution in [0.5, 0.6) is 0 Å². The molecule has 0 unspecified atom stereocenters. The Morgan fingerprint density at radius 1 is 1.24 bits per heavy atom. The van der Waals surface area contributed by atoms with Gasteiger partial charge in [0.05, 0.1) is 6.42 Å². The van der Waals surface area contributed by atoms with Crippen molar-refractivity contribution in [3.63, 3.8) is 0 Å². The summed E-state index contributed by atoms with van der Waals surface area (Å²) in [6.45, 7) is 6.20. The Morgan fingerprint density at radius 3 is 2.56 bits per heavy atom. The third kappa shape index (κ3) is 3.93. The van der Waals surface area contributed by atoms with Gasteiger partial charge in [-0.15, -0.1) is 5.10 Å². The van der Waals surface area contributed by atoms with E-state index in [0.29, 0.717) is 11.6 Å². The topological polar surface area (TPSA) is 85.8 Å². The lowest BCUT2D eigenvalue weighted by Gasteiger charge is -2.06. The highest BCUT2D eigenvalue weighted by molar-refractivity contribution is 5.90. The molecule has 0 aliphatic carbocycles. The van der Waals surface area contributed by atoms with Crippen LogP contribution in [0.2, 0.25) is 0 Å². The minimum atomic E-state index is -0.204. The molecule has 1 amide bonds. The van der Waals surface area contributed by atoms with Crippen LogP contribution in [0.4, 0.5) is 6.01 Å². The Kier molecular flexibility index (Phi) is 4.65. The standard InChI is InChI=1S/C18H21N5O2/c1-11(2)14-7-5-13(6-8-14)10-16(24)19-18-21-20-17(25-18)15-9-12(3)23(4)22-15/h5-9,11H,10H2,1-4H3,(H,19,21,24). The van der Waals surface area contributed by atoms with E-state index in [2.05, 4.69) is 34.5 Å². The maximum atomic E-state index is 12.1. The predicted octanol–water partition coefficient (Wildman–Crippen LogP) is 3.08. The summed E-state index contributed by atoms with van der Waals surface area (Å²) < 4.78 is 7.19. The minimum Gasteiger partial charge on any atom is -0.401 e. The van der Waals surface area contributed by atoms with E-state index in [1.807, 2.05) is 44.3 Å². The monoisotopic (exact) mass is 339 g/mol. The molecule has 0 atom stereocenters. The zero-order chi connectivity index (χ0) is 18.0. The van der Waals surface area contributed by atoms with Gasteiger partial charge >= 0.3 is 6.01 Å². The Morgan fingerprint density at radius 2 is 1.96 bits per heavy atom. The molecule has 0 bridgehead atoms. The summed E-state index contributed by atoms with van der Waals surface area (Å²) in [5, 5.41) is 14.7. The first-order valence-electron chi connectivity index (χ1n) is 8.15. The maximum absolute atomic E-state index is 12.1. The van der Waals surface area contributed by atoms with Gasteiger partial charge in [-0.25, -0.2) is 0 Å². The van der Waals surface area contributed by atoms with Crippen LogP contribution in [0.3, 0.4) is 0 Å². The summed E-state index contributed by atoms with van der Waals surface area (Å²) in [6.07, 6.45) is 0.249. The number of anilines is 1. The van der Waals surface area contributed by atoms with E-state index >= 15 is 0 Å². The van der Waals surface area contributed by atoms with Crippen molar-refractivity contribution in [3.8, 4) is 11.6 Å². The molecule has 1 aromatic carbocycles. The van der Waals surface area contributed by atoms with Gasteiger partial charge in [0.1, 0.15) is 5.69 Å². The van der Waals surface area contributed by atoms with Crippen LogP contribution in [-0.2, 0) is 18.3 Å². The lowest BCUT2D eigenvalue weighted by molar-refractivity contribution is -0.115. The number of carbonyl (C=O) groups is 1. The van der Waals surface area contributed by atoms with Crippen molar-refractivity contribution in [2.24, 2.45) is 7.05 Å². The van der Waals surface area contributed by atoms with Crippen LogP contribution in [0.25, 0.3) is 11.6 Å². The van der Waals surface area contributed by atoms with Crippen LogP contribution in [0.1, 0.15) is 36.6 Å². The second-order valence-electron chi connectivity index (χ2n) is 6.33. The highest BCUT2D eigenvalue weighted by Gasteiger charge is 2.14. The van der Waals surface area contributed by atoms with E-state index in [1.54, 1.807) is 4.68 Å². The predicted molar refractivity (Wildman–Crippen MR) is 94.1 cm³/mol. The number of nitrogens with one attached hydrogen (secondary N) is 1. The molecular formula is C18H21N5O2. The Balaban J connectivity index is 1.63. The SMILES string of the molecule is Cc1cc(-c2nnc(NC(=O)Cc3ccc(C(C)C)cc3)o2)nn1C. The summed E-state index contributed by atoms with van der Waals surface area (Å²) in [4.78, 5) is 12.1. The van der Waals surface area contributed by atoms with Gasteiger partial charge in [-0.3, -0.25) is 14.8 Å². The normalized spacial score (nSPS) is 11.1. The number of benzene rings is 1. The molecular weight excluding hydrogens is 318 g/mol. The van der Waals surface area contributed by atoms with Gasteiger partial charge in [0.15, 0.2) is 0 Å². The fourth-order valence-corrected chi connectivity index (χ4v) is 2.41. The molecule has 130 valence electrons. The Bertz CT molecular complexity index is 858. The van der Waals surface area contributed by atoms with Gasteiger partial charge in [-0.05, 0) is 30.0 Å². The third-order valence-corrected chi connectivity index (χ3v) is 4.02. The number of aryl methyl sites for hydroxylation is 2. The number of hydrogen-bond acceptors (Lipinski definition) is 5. The first-order valence-corrected chi connectivity index (χ1v) is 8.15. The van der Waals surface area contributed by atoms with Crippen molar-refractivity contribution < 1.29 is 9.21 Å². The Hall–Kier alpha value is -2.96. The zero-order valence-electron chi connectivity index (χ0n) is 14.8. The van der Waals surface area contributed by atoms with Gasteiger partial charge in [-0.2, -0.15) is 5.10 Å². The van der Waals surface area contributed by atoms with Crippen LogP contribution in [-0.4, -0.2) is 25.9 Å². The Labute approximate surface area is 146 Å². The van der Waals surface area contributed by atoms with E-state index < -0.39 is 0 Å². The molecule has 3 rings (SSSR count). The summed E-state index contributed by atoms with van der Waals surface area (Å²) in [5.41, 5.74) is 3.74. The van der Waals surface area contributed by atoms with Crippen molar-refractivity contribution in [2.45, 2.75) is 33.1 Å². The summed E-state index contributed by atoms with van der Waals surface area (Å²) >= 11 is 0. The first kappa shape index (κ1) is 16.9. The van der Waals surface area contributed by atoms with Crippen LogP contribution < -0.4 is 5.32 Å². The number of rotatable bonds is 5. The molecule has 2 heterocycles. The van der Waals surface area contributed by atoms with E-state index in [9.17, 15) is 4.79 Å². The average molecular weight is 339 g/mol. The average Bonchev–Trinajstić information content (AvgIpc) is 3.15. The van der Waals surface area contributed by atoms with E-state index in [4.69, 9.17) is 4.42 Å². The lowest BCUT2D eigenvalue weighted by Crippen LogP contribution is -2.14. The summed E-state index contributed by atoms with van der Waals surface area (Å²) in [5.74, 6) is 0.542. The second-order valence-corrected chi connectivity index (χ2v) is 6.33. The van der Waals surface area contributed by atoms with Crippen molar-refractivity contribution >= 4 is 11.9 Å². The van der Waals surface area contributed by atoms with Crippen molar-refractivity contribution in [2.75, 3.05) is 5.32 Å². The number of hydrogen-bond donors (Lipinski definition) is 1. The van der Waals surface area contributed by atoms with Gasteiger partial charge in [-0.1, -0.05) is 43.2 Å². The molecule has 0 saturated carbocycles.